The summed E-state index contributed by atoms with van der Waals surface area (Å²) in [6, 6.07) is 15.5. The van der Waals surface area contributed by atoms with E-state index in [9.17, 15) is 18.8 Å². The van der Waals surface area contributed by atoms with Gasteiger partial charge >= 0.3 is 5.69 Å². The molecule has 2 aromatic heterocycles. The van der Waals surface area contributed by atoms with Gasteiger partial charge in [-0.2, -0.15) is 0 Å². The summed E-state index contributed by atoms with van der Waals surface area (Å²) >= 11 is 0. The van der Waals surface area contributed by atoms with Gasteiger partial charge in [-0.05, 0) is 42.0 Å². The largest absolute Gasteiger partial charge is 0.495 e. The molecule has 0 aliphatic heterocycles. The average molecular weight is 434 g/mol. The molecule has 0 aliphatic carbocycles. The third-order valence-corrected chi connectivity index (χ3v) is 4.92. The maximum Gasteiger partial charge on any atom is 0.332 e. The molecule has 9 heteroatoms. The lowest BCUT2D eigenvalue weighted by atomic mass is 10.2. The predicted octanol–water partition coefficient (Wildman–Crippen LogP) is 2.39. The number of nitrogens with zero attached hydrogens (tertiary/aromatic N) is 3. The number of fused-ring (bicyclic) bond motifs is 1. The van der Waals surface area contributed by atoms with E-state index in [-0.39, 0.29) is 24.1 Å². The zero-order valence-corrected chi connectivity index (χ0v) is 17.1. The van der Waals surface area contributed by atoms with Gasteiger partial charge in [0.05, 0.1) is 24.9 Å². The summed E-state index contributed by atoms with van der Waals surface area (Å²) in [6.07, 6.45) is 1.44. The van der Waals surface area contributed by atoms with E-state index in [1.165, 1.54) is 42.1 Å². The van der Waals surface area contributed by atoms with Gasteiger partial charge in [0.2, 0.25) is 5.91 Å². The van der Waals surface area contributed by atoms with Crippen LogP contribution in [-0.4, -0.2) is 27.1 Å². The quantitative estimate of drug-likeness (QED) is 0.503. The molecule has 0 atom stereocenters. The maximum atomic E-state index is 13.2. The number of para-hydroxylation sites is 2. The van der Waals surface area contributed by atoms with Crippen LogP contribution >= 0.6 is 0 Å². The number of hydrogen-bond donors (Lipinski definition) is 1. The molecule has 32 heavy (non-hydrogen) atoms. The number of amides is 1. The van der Waals surface area contributed by atoms with Crippen LogP contribution in [0.2, 0.25) is 0 Å². The van der Waals surface area contributed by atoms with Crippen LogP contribution in [0.1, 0.15) is 5.56 Å². The van der Waals surface area contributed by atoms with Crippen molar-refractivity contribution in [3.05, 3.63) is 99.1 Å². The van der Waals surface area contributed by atoms with Crippen molar-refractivity contribution in [2.45, 2.75) is 13.1 Å². The average Bonchev–Trinajstić information content (AvgIpc) is 2.81. The van der Waals surface area contributed by atoms with Gasteiger partial charge in [0.25, 0.3) is 5.56 Å². The van der Waals surface area contributed by atoms with E-state index >= 15 is 0 Å². The number of halogens is 1. The fraction of sp³-hybridized carbons (Fsp3) is 0.130. The second kappa shape index (κ2) is 8.84. The zero-order chi connectivity index (χ0) is 22.7. The van der Waals surface area contributed by atoms with Gasteiger partial charge in [0, 0.05) is 6.20 Å². The number of benzene rings is 2. The molecule has 1 amide bonds. The summed E-state index contributed by atoms with van der Waals surface area (Å²) in [7, 11) is 1.49. The van der Waals surface area contributed by atoms with Crippen LogP contribution in [0.4, 0.5) is 10.1 Å². The van der Waals surface area contributed by atoms with Crippen molar-refractivity contribution in [3.8, 4) is 5.75 Å². The molecule has 0 saturated carbocycles. The summed E-state index contributed by atoms with van der Waals surface area (Å²) in [5, 5.41) is 2.72. The summed E-state index contributed by atoms with van der Waals surface area (Å²) in [4.78, 5) is 43.0. The van der Waals surface area contributed by atoms with Gasteiger partial charge in [-0.25, -0.2) is 14.2 Å². The Balaban J connectivity index is 1.75. The summed E-state index contributed by atoms with van der Waals surface area (Å²) in [5.74, 6) is -0.429. The summed E-state index contributed by atoms with van der Waals surface area (Å²) in [5.41, 5.74) is 0.0552. The number of anilines is 1. The number of hydrogen-bond acceptors (Lipinski definition) is 5. The van der Waals surface area contributed by atoms with E-state index in [4.69, 9.17) is 4.74 Å². The fourth-order valence-electron chi connectivity index (χ4n) is 3.39. The molecule has 4 rings (SSSR count). The Morgan fingerprint density at radius 3 is 2.53 bits per heavy atom. The molecule has 0 saturated heterocycles. The maximum absolute atomic E-state index is 13.2. The van der Waals surface area contributed by atoms with Crippen molar-refractivity contribution in [3.63, 3.8) is 0 Å². The minimum atomic E-state index is -0.671. The van der Waals surface area contributed by atoms with Crippen LogP contribution in [0.3, 0.4) is 0 Å². The minimum absolute atomic E-state index is 0.0549. The van der Waals surface area contributed by atoms with Crippen molar-refractivity contribution in [1.29, 1.82) is 0 Å². The lowest BCUT2D eigenvalue weighted by Gasteiger charge is -2.14. The normalized spacial score (nSPS) is 10.8. The Hall–Kier alpha value is -4.27. The molecule has 0 aliphatic rings. The van der Waals surface area contributed by atoms with Crippen LogP contribution in [0.15, 0.2) is 76.4 Å². The number of nitrogens with one attached hydrogen (secondary N) is 1. The Labute approximate surface area is 181 Å². The molecular formula is C23H19FN4O4. The number of methoxy groups -OCH3 is 1. The number of carbonyl (C=O) groups excluding carboxylic acids is 1. The Morgan fingerprint density at radius 1 is 1.03 bits per heavy atom. The van der Waals surface area contributed by atoms with Crippen molar-refractivity contribution in [2.75, 3.05) is 12.4 Å². The van der Waals surface area contributed by atoms with Gasteiger partial charge in [-0.3, -0.25) is 18.7 Å². The Bertz CT molecular complexity index is 1410. The molecule has 0 fully saturated rings. The molecule has 162 valence electrons. The lowest BCUT2D eigenvalue weighted by molar-refractivity contribution is -0.116. The standard InChI is InChI=1S/C23H19FN4O4/c1-32-19-7-3-2-5-17(19)26-20(29)14-27-18-6-4-12-25-21(18)22(30)28(23(27)31)13-15-8-10-16(24)11-9-15/h2-12H,13-14H2,1H3,(H,26,29). The SMILES string of the molecule is COc1ccccc1NC(=O)Cn1c(=O)n(Cc2ccc(F)cc2)c(=O)c2ncccc21. The van der Waals surface area contributed by atoms with Crippen LogP contribution < -0.4 is 21.3 Å². The molecule has 4 aromatic rings. The number of ether oxygens (including phenoxy) is 1. The smallest absolute Gasteiger partial charge is 0.332 e. The van der Waals surface area contributed by atoms with Gasteiger partial charge in [0.15, 0.2) is 5.52 Å². The molecule has 0 radical (unpaired) electrons. The van der Waals surface area contributed by atoms with Crippen molar-refractivity contribution in [1.82, 2.24) is 14.1 Å². The van der Waals surface area contributed by atoms with Crippen molar-refractivity contribution >= 4 is 22.6 Å². The third-order valence-electron chi connectivity index (χ3n) is 4.92. The highest BCUT2D eigenvalue weighted by atomic mass is 19.1. The molecule has 0 bridgehead atoms. The van der Waals surface area contributed by atoms with Gasteiger partial charge in [0.1, 0.15) is 18.1 Å². The Kier molecular flexibility index (Phi) is 5.80. The van der Waals surface area contributed by atoms with E-state index in [0.717, 1.165) is 4.57 Å². The first-order valence-electron chi connectivity index (χ1n) is 9.73. The van der Waals surface area contributed by atoms with E-state index in [1.807, 2.05) is 0 Å². The van der Waals surface area contributed by atoms with E-state index in [1.54, 1.807) is 36.4 Å². The highest BCUT2D eigenvalue weighted by Gasteiger charge is 2.17. The predicted molar refractivity (Wildman–Crippen MR) is 117 cm³/mol. The Morgan fingerprint density at radius 2 is 1.78 bits per heavy atom. The van der Waals surface area contributed by atoms with Gasteiger partial charge in [-0.15, -0.1) is 0 Å². The molecule has 8 nitrogen and oxygen atoms in total. The summed E-state index contributed by atoms with van der Waals surface area (Å²) < 4.78 is 20.6. The molecule has 1 N–H and O–H groups in total. The lowest BCUT2D eigenvalue weighted by Crippen LogP contribution is -2.42. The number of rotatable bonds is 6. The number of aromatic nitrogens is 3. The molecular weight excluding hydrogens is 415 g/mol. The van der Waals surface area contributed by atoms with Gasteiger partial charge in [-0.1, -0.05) is 24.3 Å². The first-order chi connectivity index (χ1) is 15.5. The topological polar surface area (TPSA) is 95.2 Å². The van der Waals surface area contributed by atoms with E-state index < -0.39 is 23.0 Å². The molecule has 0 unspecified atom stereocenters. The number of carbonyl (C=O) groups is 1. The third kappa shape index (κ3) is 4.13. The summed E-state index contributed by atoms with van der Waals surface area (Å²) in [6.45, 7) is -0.429. The molecule has 2 aromatic carbocycles. The highest BCUT2D eigenvalue weighted by molar-refractivity contribution is 5.92. The zero-order valence-electron chi connectivity index (χ0n) is 17.1. The first kappa shape index (κ1) is 21.0. The minimum Gasteiger partial charge on any atom is -0.495 e. The molecule has 2 heterocycles. The van der Waals surface area contributed by atoms with Crippen LogP contribution in [-0.2, 0) is 17.9 Å². The second-order valence-electron chi connectivity index (χ2n) is 7.01. The van der Waals surface area contributed by atoms with Crippen LogP contribution in [0.5, 0.6) is 5.75 Å². The van der Waals surface area contributed by atoms with Gasteiger partial charge < -0.3 is 10.1 Å². The second-order valence-corrected chi connectivity index (χ2v) is 7.01. The van der Waals surface area contributed by atoms with E-state index in [0.29, 0.717) is 17.0 Å². The molecule has 0 spiro atoms. The van der Waals surface area contributed by atoms with Crippen molar-refractivity contribution < 1.29 is 13.9 Å². The van der Waals surface area contributed by atoms with Crippen molar-refractivity contribution in [2.24, 2.45) is 0 Å². The van der Waals surface area contributed by atoms with E-state index in [2.05, 4.69) is 10.3 Å². The van der Waals surface area contributed by atoms with Crippen LogP contribution in [0.25, 0.3) is 11.0 Å². The number of pyridine rings is 1. The highest BCUT2D eigenvalue weighted by Crippen LogP contribution is 2.23. The van der Waals surface area contributed by atoms with Crippen LogP contribution in [0, 0.1) is 5.82 Å². The fourth-order valence-corrected chi connectivity index (χ4v) is 3.39. The first-order valence-corrected chi connectivity index (χ1v) is 9.73. The monoisotopic (exact) mass is 434 g/mol.